The first-order valence-corrected chi connectivity index (χ1v) is 9.60. The predicted molar refractivity (Wildman–Crippen MR) is 114 cm³/mol. The minimum absolute atomic E-state index is 0.323. The summed E-state index contributed by atoms with van der Waals surface area (Å²) >= 11 is 0. The van der Waals surface area contributed by atoms with Crippen molar-refractivity contribution in [1.82, 2.24) is 5.48 Å². The SMILES string of the molecule is COC(=O)c1ccc(NC23N=CC(C)=C(NO2)N3c2ccc3c(c2)NCO3)cc1OC. The Hall–Kier alpha value is -3.92. The highest BCUT2D eigenvalue weighted by Crippen LogP contribution is 2.42. The smallest absolute Gasteiger partial charge is 0.351 e. The lowest BCUT2D eigenvalue weighted by Crippen LogP contribution is -2.51. The molecule has 5 rings (SSSR count). The van der Waals surface area contributed by atoms with Gasteiger partial charge in [0.15, 0.2) is 6.73 Å². The van der Waals surface area contributed by atoms with Crippen molar-refractivity contribution in [2.24, 2.45) is 4.99 Å². The van der Waals surface area contributed by atoms with Crippen LogP contribution in [-0.4, -0.2) is 39.1 Å². The zero-order valence-corrected chi connectivity index (χ0v) is 17.2. The Kier molecular flexibility index (Phi) is 4.36. The second-order valence-corrected chi connectivity index (χ2v) is 7.12. The van der Waals surface area contributed by atoms with Gasteiger partial charge in [0.25, 0.3) is 0 Å². The van der Waals surface area contributed by atoms with Crippen LogP contribution in [-0.2, 0) is 9.57 Å². The number of anilines is 3. The highest BCUT2D eigenvalue weighted by molar-refractivity contribution is 5.93. The summed E-state index contributed by atoms with van der Waals surface area (Å²) in [5.41, 5.74) is 6.59. The van der Waals surface area contributed by atoms with E-state index < -0.39 is 11.9 Å². The van der Waals surface area contributed by atoms with E-state index in [1.54, 1.807) is 24.4 Å². The summed E-state index contributed by atoms with van der Waals surface area (Å²) in [6.45, 7) is 2.38. The van der Waals surface area contributed by atoms with Crippen LogP contribution >= 0.6 is 0 Å². The lowest BCUT2D eigenvalue weighted by atomic mass is 10.1. The maximum Gasteiger partial charge on any atom is 0.351 e. The van der Waals surface area contributed by atoms with E-state index in [2.05, 4.69) is 21.1 Å². The van der Waals surface area contributed by atoms with Gasteiger partial charge in [-0.15, -0.1) is 0 Å². The first-order chi connectivity index (χ1) is 15.0. The number of hydrogen-bond acceptors (Lipinski definition) is 10. The van der Waals surface area contributed by atoms with Crippen molar-refractivity contribution >= 4 is 29.2 Å². The molecule has 0 aromatic heterocycles. The third-order valence-electron chi connectivity index (χ3n) is 5.25. The molecule has 3 aliphatic rings. The molecule has 1 atom stereocenters. The van der Waals surface area contributed by atoms with Gasteiger partial charge in [0.1, 0.15) is 22.9 Å². The van der Waals surface area contributed by atoms with Crippen LogP contribution in [0.25, 0.3) is 0 Å². The topological polar surface area (TPSA) is 106 Å². The molecule has 10 heteroatoms. The Morgan fingerprint density at radius 2 is 2.13 bits per heavy atom. The molecule has 2 aromatic carbocycles. The van der Waals surface area contributed by atoms with Gasteiger partial charge < -0.3 is 24.8 Å². The predicted octanol–water partition coefficient (Wildman–Crippen LogP) is 2.62. The molecule has 3 N–H and O–H groups in total. The Labute approximate surface area is 178 Å². The Morgan fingerprint density at radius 1 is 1.26 bits per heavy atom. The monoisotopic (exact) mass is 423 g/mol. The number of rotatable bonds is 5. The molecule has 1 fully saturated rings. The molecule has 3 aliphatic heterocycles. The average Bonchev–Trinajstić information content (AvgIpc) is 3.37. The number of fused-ring (bicyclic) bond motifs is 3. The molecule has 3 heterocycles. The molecule has 2 aromatic rings. The van der Waals surface area contributed by atoms with Crippen LogP contribution in [0.4, 0.5) is 17.1 Å². The number of benzene rings is 2. The number of carbonyl (C=O) groups is 1. The van der Waals surface area contributed by atoms with Crippen molar-refractivity contribution < 1.29 is 23.8 Å². The average molecular weight is 423 g/mol. The van der Waals surface area contributed by atoms with Gasteiger partial charge in [0.2, 0.25) is 0 Å². The van der Waals surface area contributed by atoms with Gasteiger partial charge >= 0.3 is 11.9 Å². The zero-order chi connectivity index (χ0) is 21.6. The number of carbonyl (C=O) groups excluding carboxylic acids is 1. The number of hydroxylamine groups is 1. The standard InChI is InChI=1S/C21H21N5O5/c1-12-10-23-21(24-13-4-6-15(20(27)29-3)18(8-13)28-2)26(19(12)25-31-21)14-5-7-17-16(9-14)22-11-30-17/h4-10,22,24-25H,11H2,1-3H3. The van der Waals surface area contributed by atoms with E-state index in [1.165, 1.54) is 14.2 Å². The quantitative estimate of drug-likeness (QED) is 0.626. The van der Waals surface area contributed by atoms with Crippen molar-refractivity contribution in [3.63, 3.8) is 0 Å². The molecule has 0 aliphatic carbocycles. The molecule has 1 unspecified atom stereocenters. The molecule has 0 amide bonds. The summed E-state index contributed by atoms with van der Waals surface area (Å²) in [4.78, 5) is 24.5. The van der Waals surface area contributed by atoms with Gasteiger partial charge in [-0.1, -0.05) is 0 Å². The van der Waals surface area contributed by atoms with Gasteiger partial charge in [-0.3, -0.25) is 4.90 Å². The van der Waals surface area contributed by atoms with Gasteiger partial charge in [0.05, 0.1) is 25.6 Å². The fourth-order valence-corrected chi connectivity index (χ4v) is 3.71. The van der Waals surface area contributed by atoms with E-state index in [4.69, 9.17) is 19.0 Å². The number of ether oxygens (including phenoxy) is 3. The number of aliphatic imine (C=N–C) groups is 1. The summed E-state index contributed by atoms with van der Waals surface area (Å²) < 4.78 is 15.7. The van der Waals surface area contributed by atoms with E-state index in [1.807, 2.05) is 30.0 Å². The van der Waals surface area contributed by atoms with Gasteiger partial charge in [-0.2, -0.15) is 0 Å². The second-order valence-electron chi connectivity index (χ2n) is 7.12. The van der Waals surface area contributed by atoms with Gasteiger partial charge in [0, 0.05) is 23.5 Å². The van der Waals surface area contributed by atoms with Gasteiger partial charge in [-0.05, 0) is 37.3 Å². The van der Waals surface area contributed by atoms with E-state index >= 15 is 0 Å². The maximum atomic E-state index is 12.0. The third kappa shape index (κ3) is 2.99. The van der Waals surface area contributed by atoms with E-state index in [0.29, 0.717) is 23.7 Å². The van der Waals surface area contributed by atoms with E-state index in [-0.39, 0.29) is 0 Å². The number of nitrogens with zero attached hydrogens (tertiary/aromatic N) is 2. The lowest BCUT2D eigenvalue weighted by Gasteiger charge is -2.36. The Balaban J connectivity index is 1.53. The Morgan fingerprint density at radius 3 is 2.94 bits per heavy atom. The van der Waals surface area contributed by atoms with E-state index in [0.717, 1.165) is 28.5 Å². The molecule has 0 radical (unpaired) electrons. The summed E-state index contributed by atoms with van der Waals surface area (Å²) in [5.74, 6) is 0.170. The maximum absolute atomic E-state index is 12.0. The second kappa shape index (κ2) is 7.10. The van der Waals surface area contributed by atoms with Crippen molar-refractivity contribution in [2.75, 3.05) is 36.5 Å². The van der Waals surface area contributed by atoms with Gasteiger partial charge in [-0.25, -0.2) is 20.1 Å². The minimum atomic E-state index is -1.28. The van der Waals surface area contributed by atoms with Crippen LogP contribution in [0.1, 0.15) is 17.3 Å². The van der Waals surface area contributed by atoms with Crippen LogP contribution in [0.15, 0.2) is 52.8 Å². The number of methoxy groups -OCH3 is 2. The summed E-state index contributed by atoms with van der Waals surface area (Å²) in [5, 5.41) is 6.50. The van der Waals surface area contributed by atoms with Crippen LogP contribution in [0, 0.1) is 0 Å². The normalized spacial score (nSPS) is 20.5. The highest BCUT2D eigenvalue weighted by Gasteiger charge is 2.49. The molecule has 1 saturated heterocycles. The fraction of sp³-hybridized carbons (Fsp3) is 0.238. The first kappa shape index (κ1) is 19.1. The molecule has 0 saturated carbocycles. The van der Waals surface area contributed by atoms with Crippen molar-refractivity contribution in [1.29, 1.82) is 0 Å². The minimum Gasteiger partial charge on any atom is -0.496 e. The van der Waals surface area contributed by atoms with Crippen molar-refractivity contribution in [3.8, 4) is 11.5 Å². The van der Waals surface area contributed by atoms with Crippen LogP contribution in [0.2, 0.25) is 0 Å². The Bertz CT molecular complexity index is 1130. The molecule has 2 bridgehead atoms. The molecular formula is C21H21N5O5. The molecule has 10 nitrogen and oxygen atoms in total. The van der Waals surface area contributed by atoms with Crippen LogP contribution in [0.3, 0.4) is 0 Å². The number of nitrogens with one attached hydrogen (secondary N) is 3. The van der Waals surface area contributed by atoms with E-state index in [9.17, 15) is 4.79 Å². The largest absolute Gasteiger partial charge is 0.496 e. The molecule has 31 heavy (non-hydrogen) atoms. The number of allylic oxidation sites excluding steroid dienone is 1. The molecular weight excluding hydrogens is 402 g/mol. The van der Waals surface area contributed by atoms with Crippen molar-refractivity contribution in [2.45, 2.75) is 12.9 Å². The summed E-state index contributed by atoms with van der Waals surface area (Å²) in [6.07, 6.45) is 1.74. The third-order valence-corrected chi connectivity index (χ3v) is 5.25. The molecule has 0 spiro atoms. The number of hydrogen-bond donors (Lipinski definition) is 3. The summed E-state index contributed by atoms with van der Waals surface area (Å²) in [6, 6.07) is 10.9. The summed E-state index contributed by atoms with van der Waals surface area (Å²) in [7, 11) is 2.82. The fourth-order valence-electron chi connectivity index (χ4n) is 3.71. The highest BCUT2D eigenvalue weighted by atomic mass is 16.7. The number of esters is 1. The first-order valence-electron chi connectivity index (χ1n) is 9.60. The molecule has 160 valence electrons. The van der Waals surface area contributed by atoms with Crippen molar-refractivity contribution in [3.05, 3.63) is 53.4 Å². The zero-order valence-electron chi connectivity index (χ0n) is 17.2. The lowest BCUT2D eigenvalue weighted by molar-refractivity contribution is -0.0214. The van der Waals surface area contributed by atoms with Crippen LogP contribution < -0.4 is 30.5 Å². The van der Waals surface area contributed by atoms with Crippen LogP contribution in [0.5, 0.6) is 11.5 Å².